The first kappa shape index (κ1) is 18.8. The first-order chi connectivity index (χ1) is 13.0. The Morgan fingerprint density at radius 2 is 1.74 bits per heavy atom. The van der Waals surface area contributed by atoms with Crippen LogP contribution in [0.15, 0.2) is 48.5 Å². The van der Waals surface area contributed by atoms with Gasteiger partial charge in [-0.3, -0.25) is 9.59 Å². The lowest BCUT2D eigenvalue weighted by Crippen LogP contribution is -2.30. The number of hydrogen-bond acceptors (Lipinski definition) is 4. The summed E-state index contributed by atoms with van der Waals surface area (Å²) in [5.74, 6) is 0.606. The van der Waals surface area contributed by atoms with E-state index >= 15 is 0 Å². The van der Waals surface area contributed by atoms with Crippen LogP contribution in [0.4, 0.5) is 5.69 Å². The summed E-state index contributed by atoms with van der Waals surface area (Å²) < 4.78 is 10.5. The maximum atomic E-state index is 12.7. The van der Waals surface area contributed by atoms with Crippen molar-refractivity contribution in [1.29, 1.82) is 0 Å². The van der Waals surface area contributed by atoms with Crippen molar-refractivity contribution in [2.75, 3.05) is 26.1 Å². The predicted molar refractivity (Wildman–Crippen MR) is 103 cm³/mol. The van der Waals surface area contributed by atoms with Crippen LogP contribution in [0.25, 0.3) is 0 Å². The highest BCUT2D eigenvalue weighted by Gasteiger charge is 2.37. The Labute approximate surface area is 159 Å². The zero-order valence-electron chi connectivity index (χ0n) is 15.8. The van der Waals surface area contributed by atoms with Crippen molar-refractivity contribution in [3.8, 4) is 11.5 Å². The SMILES string of the molecule is COc1cc(NC(=O)[C@H]2CC(=O)N([C@@H](C)c3ccccc3)C2)cc(OC)c1. The Hall–Kier alpha value is -3.02. The molecule has 2 aromatic rings. The highest BCUT2D eigenvalue weighted by atomic mass is 16.5. The van der Waals surface area contributed by atoms with Gasteiger partial charge in [0, 0.05) is 36.9 Å². The van der Waals surface area contributed by atoms with E-state index < -0.39 is 0 Å². The van der Waals surface area contributed by atoms with Crippen LogP contribution in [-0.4, -0.2) is 37.5 Å². The molecule has 1 heterocycles. The minimum atomic E-state index is -0.388. The van der Waals surface area contributed by atoms with Crippen LogP contribution in [0.3, 0.4) is 0 Å². The van der Waals surface area contributed by atoms with Gasteiger partial charge in [0.2, 0.25) is 11.8 Å². The summed E-state index contributed by atoms with van der Waals surface area (Å²) in [6.45, 7) is 2.39. The molecular formula is C21H24N2O4. The van der Waals surface area contributed by atoms with Gasteiger partial charge in [-0.15, -0.1) is 0 Å². The maximum absolute atomic E-state index is 12.7. The fourth-order valence-corrected chi connectivity index (χ4v) is 3.32. The number of carbonyl (C=O) groups excluding carboxylic acids is 2. The number of carbonyl (C=O) groups is 2. The molecule has 142 valence electrons. The summed E-state index contributed by atoms with van der Waals surface area (Å²) in [5, 5.41) is 2.88. The minimum Gasteiger partial charge on any atom is -0.497 e. The first-order valence-electron chi connectivity index (χ1n) is 8.90. The number of rotatable bonds is 6. The van der Waals surface area contributed by atoms with Crippen molar-refractivity contribution in [3.05, 3.63) is 54.1 Å². The molecule has 1 saturated heterocycles. The molecule has 0 radical (unpaired) electrons. The fraction of sp³-hybridized carbons (Fsp3) is 0.333. The molecule has 6 nitrogen and oxygen atoms in total. The molecule has 27 heavy (non-hydrogen) atoms. The van der Waals surface area contributed by atoms with Gasteiger partial charge < -0.3 is 19.7 Å². The van der Waals surface area contributed by atoms with E-state index in [1.54, 1.807) is 37.3 Å². The Morgan fingerprint density at radius 3 is 2.33 bits per heavy atom. The molecule has 0 aliphatic carbocycles. The molecule has 1 fully saturated rings. The van der Waals surface area contributed by atoms with E-state index in [0.717, 1.165) is 5.56 Å². The molecule has 0 saturated carbocycles. The molecule has 0 aromatic heterocycles. The summed E-state index contributed by atoms with van der Waals surface area (Å²) in [6, 6.07) is 15.0. The van der Waals surface area contributed by atoms with Gasteiger partial charge >= 0.3 is 0 Å². The Bertz CT molecular complexity index is 800. The molecule has 2 aromatic carbocycles. The molecule has 2 amide bonds. The third-order valence-electron chi connectivity index (χ3n) is 4.90. The molecule has 1 aliphatic rings. The zero-order valence-corrected chi connectivity index (χ0v) is 15.8. The number of amides is 2. The van der Waals surface area contributed by atoms with Crippen molar-refractivity contribution < 1.29 is 19.1 Å². The highest BCUT2D eigenvalue weighted by Crippen LogP contribution is 2.30. The van der Waals surface area contributed by atoms with Gasteiger partial charge in [-0.2, -0.15) is 0 Å². The third kappa shape index (κ3) is 4.22. The topological polar surface area (TPSA) is 67.9 Å². The van der Waals surface area contributed by atoms with Crippen molar-refractivity contribution >= 4 is 17.5 Å². The number of benzene rings is 2. The van der Waals surface area contributed by atoms with Gasteiger partial charge in [-0.25, -0.2) is 0 Å². The van der Waals surface area contributed by atoms with Crippen LogP contribution >= 0.6 is 0 Å². The lowest BCUT2D eigenvalue weighted by atomic mass is 10.1. The number of likely N-dealkylation sites (tertiary alicyclic amines) is 1. The second-order valence-corrected chi connectivity index (χ2v) is 6.62. The van der Waals surface area contributed by atoms with Crippen LogP contribution in [0.2, 0.25) is 0 Å². The van der Waals surface area contributed by atoms with Gasteiger partial charge in [0.25, 0.3) is 0 Å². The number of ether oxygens (including phenoxy) is 2. The number of hydrogen-bond donors (Lipinski definition) is 1. The average molecular weight is 368 g/mol. The molecule has 1 N–H and O–H groups in total. The van der Waals surface area contributed by atoms with Crippen LogP contribution < -0.4 is 14.8 Å². The monoisotopic (exact) mass is 368 g/mol. The Balaban J connectivity index is 1.69. The lowest BCUT2D eigenvalue weighted by Gasteiger charge is -2.25. The molecule has 6 heteroatoms. The highest BCUT2D eigenvalue weighted by molar-refractivity contribution is 5.97. The summed E-state index contributed by atoms with van der Waals surface area (Å²) in [7, 11) is 3.11. The van der Waals surface area contributed by atoms with E-state index in [4.69, 9.17) is 9.47 Å². The van der Waals surface area contributed by atoms with E-state index in [9.17, 15) is 9.59 Å². The minimum absolute atomic E-state index is 0.00488. The standard InChI is InChI=1S/C21H24N2O4/c1-14(15-7-5-4-6-8-15)23-13-16(9-20(23)24)21(25)22-17-10-18(26-2)12-19(11-17)27-3/h4-8,10-12,14,16H,9,13H2,1-3H3,(H,22,25)/t14-,16-/m0/s1. The quantitative estimate of drug-likeness (QED) is 0.850. The van der Waals surface area contributed by atoms with E-state index in [2.05, 4.69) is 5.32 Å². The number of anilines is 1. The Kier molecular flexibility index (Phi) is 5.64. The smallest absolute Gasteiger partial charge is 0.229 e. The molecule has 3 rings (SSSR count). The number of methoxy groups -OCH3 is 2. The zero-order chi connectivity index (χ0) is 19.4. The predicted octanol–water partition coefficient (Wildman–Crippen LogP) is 3.25. The van der Waals surface area contributed by atoms with Crippen molar-refractivity contribution in [2.24, 2.45) is 5.92 Å². The first-order valence-corrected chi connectivity index (χ1v) is 8.90. The summed E-state index contributed by atoms with van der Waals surface area (Å²) >= 11 is 0. The van der Waals surface area contributed by atoms with E-state index in [0.29, 0.717) is 23.7 Å². The van der Waals surface area contributed by atoms with E-state index in [1.165, 1.54) is 0 Å². The van der Waals surface area contributed by atoms with Crippen molar-refractivity contribution in [2.45, 2.75) is 19.4 Å². The molecule has 0 spiro atoms. The third-order valence-corrected chi connectivity index (χ3v) is 4.90. The second-order valence-electron chi connectivity index (χ2n) is 6.62. The van der Waals surface area contributed by atoms with Crippen LogP contribution in [-0.2, 0) is 9.59 Å². The summed E-state index contributed by atoms with van der Waals surface area (Å²) in [6.07, 6.45) is 0.212. The Morgan fingerprint density at radius 1 is 1.11 bits per heavy atom. The van der Waals surface area contributed by atoms with Crippen LogP contribution in [0.5, 0.6) is 11.5 Å². The molecule has 2 atom stereocenters. The van der Waals surface area contributed by atoms with Crippen molar-refractivity contribution in [1.82, 2.24) is 4.90 Å². The fourth-order valence-electron chi connectivity index (χ4n) is 3.32. The lowest BCUT2D eigenvalue weighted by molar-refractivity contribution is -0.129. The normalized spacial score (nSPS) is 17.5. The average Bonchev–Trinajstić information content (AvgIpc) is 3.09. The largest absolute Gasteiger partial charge is 0.497 e. The van der Waals surface area contributed by atoms with E-state index in [1.807, 2.05) is 37.3 Å². The number of nitrogens with one attached hydrogen (secondary N) is 1. The summed E-state index contributed by atoms with van der Waals surface area (Å²) in [4.78, 5) is 26.9. The number of nitrogens with zero attached hydrogens (tertiary/aromatic N) is 1. The molecule has 0 unspecified atom stereocenters. The van der Waals surface area contributed by atoms with Crippen LogP contribution in [0, 0.1) is 5.92 Å². The second kappa shape index (κ2) is 8.12. The molecule has 0 bridgehead atoms. The molecule has 1 aliphatic heterocycles. The summed E-state index contributed by atoms with van der Waals surface area (Å²) in [5.41, 5.74) is 1.64. The van der Waals surface area contributed by atoms with Gasteiger partial charge in [0.15, 0.2) is 0 Å². The van der Waals surface area contributed by atoms with Gasteiger partial charge in [0.1, 0.15) is 11.5 Å². The van der Waals surface area contributed by atoms with Crippen LogP contribution in [0.1, 0.15) is 24.9 Å². The van der Waals surface area contributed by atoms with Crippen molar-refractivity contribution in [3.63, 3.8) is 0 Å². The van der Waals surface area contributed by atoms with E-state index in [-0.39, 0.29) is 30.2 Å². The van der Waals surface area contributed by atoms with Gasteiger partial charge in [-0.1, -0.05) is 30.3 Å². The van der Waals surface area contributed by atoms with Gasteiger partial charge in [0.05, 0.1) is 26.2 Å². The maximum Gasteiger partial charge on any atom is 0.229 e. The molecular weight excluding hydrogens is 344 g/mol. The van der Waals surface area contributed by atoms with Gasteiger partial charge in [-0.05, 0) is 12.5 Å².